The minimum absolute atomic E-state index is 0.0361. The number of carbonyl (C=O) groups excluding carboxylic acids is 1. The lowest BCUT2D eigenvalue weighted by Crippen LogP contribution is -2.30. The van der Waals surface area contributed by atoms with Crippen molar-refractivity contribution in [3.8, 4) is 0 Å². The van der Waals surface area contributed by atoms with Gasteiger partial charge in [-0.2, -0.15) is 0 Å². The SMILES string of the molecule is Cc1cncc(C(=O)c2cc(Cl)ccc2NS(=O)(=O)c2ccc(C3(C)CCOCC3)cc2)c1. The molecule has 0 spiro atoms. The van der Waals surface area contributed by atoms with Crippen LogP contribution in [-0.4, -0.2) is 32.4 Å². The minimum atomic E-state index is -3.93. The summed E-state index contributed by atoms with van der Waals surface area (Å²) in [6, 6.07) is 13.1. The number of rotatable bonds is 6. The third-order valence-corrected chi connectivity index (χ3v) is 7.68. The van der Waals surface area contributed by atoms with Crippen molar-refractivity contribution in [3.05, 3.63) is 88.2 Å². The molecule has 172 valence electrons. The van der Waals surface area contributed by atoms with E-state index in [-0.39, 0.29) is 27.3 Å². The van der Waals surface area contributed by atoms with Crippen molar-refractivity contribution in [2.75, 3.05) is 17.9 Å². The summed E-state index contributed by atoms with van der Waals surface area (Å²) in [5.74, 6) is -0.366. The molecule has 33 heavy (non-hydrogen) atoms. The zero-order chi connectivity index (χ0) is 23.6. The Morgan fingerprint density at radius 1 is 1.06 bits per heavy atom. The number of sulfonamides is 1. The Bertz CT molecular complexity index is 1280. The quantitative estimate of drug-likeness (QED) is 0.489. The Morgan fingerprint density at radius 2 is 1.76 bits per heavy atom. The van der Waals surface area contributed by atoms with Crippen LogP contribution in [0.2, 0.25) is 5.02 Å². The summed E-state index contributed by atoms with van der Waals surface area (Å²) in [6.45, 7) is 5.39. The predicted octanol–water partition coefficient (Wildman–Crippen LogP) is 5.14. The van der Waals surface area contributed by atoms with Crippen molar-refractivity contribution < 1.29 is 17.9 Å². The summed E-state index contributed by atoms with van der Waals surface area (Å²) >= 11 is 6.12. The second-order valence-corrected chi connectivity index (χ2v) is 10.7. The van der Waals surface area contributed by atoms with Gasteiger partial charge in [-0.05, 0) is 72.7 Å². The molecule has 0 radical (unpaired) electrons. The maximum absolute atomic E-state index is 13.1. The van der Waals surface area contributed by atoms with Gasteiger partial charge in [0.15, 0.2) is 5.78 Å². The summed E-state index contributed by atoms with van der Waals surface area (Å²) in [4.78, 5) is 17.3. The van der Waals surface area contributed by atoms with E-state index in [2.05, 4.69) is 16.6 Å². The van der Waals surface area contributed by atoms with E-state index in [4.69, 9.17) is 16.3 Å². The fourth-order valence-electron chi connectivity index (χ4n) is 3.98. The van der Waals surface area contributed by atoms with Crippen LogP contribution in [-0.2, 0) is 20.2 Å². The Balaban J connectivity index is 1.63. The summed E-state index contributed by atoms with van der Waals surface area (Å²) in [5.41, 5.74) is 2.54. The van der Waals surface area contributed by atoms with Gasteiger partial charge < -0.3 is 4.74 Å². The molecule has 1 aliphatic rings. The molecule has 4 rings (SSSR count). The van der Waals surface area contributed by atoms with Crippen LogP contribution in [0, 0.1) is 6.92 Å². The second kappa shape index (κ2) is 9.25. The number of hydrogen-bond acceptors (Lipinski definition) is 5. The molecule has 2 heterocycles. The highest BCUT2D eigenvalue weighted by Gasteiger charge is 2.30. The number of halogens is 1. The highest BCUT2D eigenvalue weighted by atomic mass is 35.5. The van der Waals surface area contributed by atoms with Gasteiger partial charge in [0.2, 0.25) is 0 Å². The average Bonchev–Trinajstić information content (AvgIpc) is 2.80. The van der Waals surface area contributed by atoms with Crippen molar-refractivity contribution in [2.45, 2.75) is 37.0 Å². The number of aryl methyl sites for hydroxylation is 1. The van der Waals surface area contributed by atoms with E-state index >= 15 is 0 Å². The number of ketones is 1. The molecular weight excluding hydrogens is 460 g/mol. The fourth-order valence-corrected chi connectivity index (χ4v) is 5.23. The first kappa shape index (κ1) is 23.4. The molecular formula is C25H25ClN2O4S. The number of anilines is 1. The number of nitrogens with one attached hydrogen (secondary N) is 1. The monoisotopic (exact) mass is 484 g/mol. The number of ether oxygens (including phenoxy) is 1. The molecule has 2 aromatic carbocycles. The lowest BCUT2D eigenvalue weighted by Gasteiger charge is -2.34. The fraction of sp³-hybridized carbons (Fsp3) is 0.280. The maximum atomic E-state index is 13.1. The van der Waals surface area contributed by atoms with Crippen LogP contribution < -0.4 is 4.72 Å². The molecule has 0 saturated carbocycles. The number of hydrogen-bond donors (Lipinski definition) is 1. The van der Waals surface area contributed by atoms with E-state index in [1.54, 1.807) is 30.5 Å². The van der Waals surface area contributed by atoms with Crippen molar-refractivity contribution in [2.24, 2.45) is 0 Å². The standard InChI is InChI=1S/C25H25ClN2O4S/c1-17-13-18(16-27-15-17)24(29)22-14-20(26)5-8-23(22)28-33(30,31)21-6-3-19(4-7-21)25(2)9-11-32-12-10-25/h3-8,13-16,28H,9-12H2,1-2H3. The van der Waals surface area contributed by atoms with Crippen LogP contribution in [0.3, 0.4) is 0 Å². The van der Waals surface area contributed by atoms with Crippen LogP contribution in [0.4, 0.5) is 5.69 Å². The number of pyridine rings is 1. The van der Waals surface area contributed by atoms with E-state index in [1.165, 1.54) is 18.3 Å². The molecule has 0 atom stereocenters. The molecule has 8 heteroatoms. The number of nitrogens with zero attached hydrogens (tertiary/aromatic N) is 1. The molecule has 3 aromatic rings. The zero-order valence-electron chi connectivity index (χ0n) is 18.5. The molecule has 1 saturated heterocycles. The Hall–Kier alpha value is -2.74. The molecule has 0 bridgehead atoms. The lowest BCUT2D eigenvalue weighted by molar-refractivity contribution is 0.0564. The zero-order valence-corrected chi connectivity index (χ0v) is 20.0. The molecule has 1 N–H and O–H groups in total. The highest BCUT2D eigenvalue weighted by molar-refractivity contribution is 7.92. The van der Waals surface area contributed by atoms with Gasteiger partial charge in [0.25, 0.3) is 10.0 Å². The smallest absolute Gasteiger partial charge is 0.261 e. The van der Waals surface area contributed by atoms with Gasteiger partial charge in [-0.25, -0.2) is 8.42 Å². The molecule has 0 amide bonds. The van der Waals surface area contributed by atoms with Crippen molar-refractivity contribution in [3.63, 3.8) is 0 Å². The van der Waals surface area contributed by atoms with Crippen molar-refractivity contribution in [1.29, 1.82) is 0 Å². The second-order valence-electron chi connectivity index (χ2n) is 8.57. The van der Waals surface area contributed by atoms with Gasteiger partial charge in [0.1, 0.15) is 0 Å². The number of aromatic nitrogens is 1. The third-order valence-electron chi connectivity index (χ3n) is 6.07. The van der Waals surface area contributed by atoms with E-state index < -0.39 is 10.0 Å². The van der Waals surface area contributed by atoms with Crippen LogP contribution in [0.15, 0.2) is 65.8 Å². The first-order valence-corrected chi connectivity index (χ1v) is 12.5. The molecule has 0 aliphatic carbocycles. The predicted molar refractivity (Wildman–Crippen MR) is 129 cm³/mol. The Labute approximate surface area is 199 Å². The first-order valence-electron chi connectivity index (χ1n) is 10.6. The van der Waals surface area contributed by atoms with Gasteiger partial charge in [-0.15, -0.1) is 0 Å². The maximum Gasteiger partial charge on any atom is 0.261 e. The van der Waals surface area contributed by atoms with Gasteiger partial charge in [-0.1, -0.05) is 30.7 Å². The van der Waals surface area contributed by atoms with E-state index in [0.29, 0.717) is 23.8 Å². The molecule has 0 unspecified atom stereocenters. The Kier molecular flexibility index (Phi) is 6.56. The van der Waals surface area contributed by atoms with E-state index in [0.717, 1.165) is 24.0 Å². The first-order chi connectivity index (χ1) is 15.7. The average molecular weight is 485 g/mol. The van der Waals surface area contributed by atoms with Crippen molar-refractivity contribution >= 4 is 33.1 Å². The lowest BCUT2D eigenvalue weighted by atomic mass is 9.76. The Morgan fingerprint density at radius 3 is 2.42 bits per heavy atom. The molecule has 1 aliphatic heterocycles. The van der Waals surface area contributed by atoms with Crippen LogP contribution in [0.25, 0.3) is 0 Å². The van der Waals surface area contributed by atoms with Crippen molar-refractivity contribution in [1.82, 2.24) is 4.98 Å². The summed E-state index contributed by atoms with van der Waals surface area (Å²) in [7, 11) is -3.93. The summed E-state index contributed by atoms with van der Waals surface area (Å²) < 4.78 is 34.3. The number of carbonyl (C=O) groups is 1. The summed E-state index contributed by atoms with van der Waals surface area (Å²) in [6.07, 6.45) is 4.87. The van der Waals surface area contributed by atoms with Crippen LogP contribution in [0.1, 0.15) is 46.8 Å². The van der Waals surface area contributed by atoms with E-state index in [1.807, 2.05) is 19.1 Å². The molecule has 1 aromatic heterocycles. The highest BCUT2D eigenvalue weighted by Crippen LogP contribution is 2.35. The molecule has 6 nitrogen and oxygen atoms in total. The van der Waals surface area contributed by atoms with Crippen LogP contribution in [0.5, 0.6) is 0 Å². The topological polar surface area (TPSA) is 85.4 Å². The third kappa shape index (κ3) is 5.11. The van der Waals surface area contributed by atoms with Gasteiger partial charge in [-0.3, -0.25) is 14.5 Å². The van der Waals surface area contributed by atoms with E-state index in [9.17, 15) is 13.2 Å². The largest absolute Gasteiger partial charge is 0.381 e. The summed E-state index contributed by atoms with van der Waals surface area (Å²) in [5, 5.41) is 0.330. The van der Waals surface area contributed by atoms with Crippen LogP contribution >= 0.6 is 11.6 Å². The number of benzene rings is 2. The molecule has 1 fully saturated rings. The minimum Gasteiger partial charge on any atom is -0.381 e. The normalized spacial score (nSPS) is 15.7. The van der Waals surface area contributed by atoms with Gasteiger partial charge in [0.05, 0.1) is 10.6 Å². The van der Waals surface area contributed by atoms with Gasteiger partial charge >= 0.3 is 0 Å². The van der Waals surface area contributed by atoms with Gasteiger partial charge in [0, 0.05) is 41.8 Å².